The average Bonchev–Trinajstić information content (AvgIpc) is 3.13. The number of hydrogen-bond donors (Lipinski definition) is 2. The number of aromatic nitrogens is 3. The van der Waals surface area contributed by atoms with E-state index in [1.54, 1.807) is 19.0 Å². The lowest BCUT2D eigenvalue weighted by molar-refractivity contribution is -0.127. The smallest absolute Gasteiger partial charge is 0.243 e. The van der Waals surface area contributed by atoms with Crippen LogP contribution in [0.5, 0.6) is 0 Å². The van der Waals surface area contributed by atoms with Crippen LogP contribution in [-0.4, -0.2) is 64.8 Å². The van der Waals surface area contributed by atoms with Crippen molar-refractivity contribution in [2.45, 2.75) is 70.9 Å². The summed E-state index contributed by atoms with van der Waals surface area (Å²) in [5.41, 5.74) is 0. The third-order valence-electron chi connectivity index (χ3n) is 5.71. The molecule has 2 aliphatic rings. The minimum atomic E-state index is 0.00793. The lowest BCUT2D eigenvalue weighted by atomic mass is 9.89. The molecule has 2 N–H and O–H groups in total. The summed E-state index contributed by atoms with van der Waals surface area (Å²) in [5, 5.41) is 11.6. The van der Waals surface area contributed by atoms with E-state index in [0.29, 0.717) is 5.92 Å². The molecule has 0 spiro atoms. The summed E-state index contributed by atoms with van der Waals surface area (Å²) in [7, 11) is 3.53. The number of amides is 1. The summed E-state index contributed by atoms with van der Waals surface area (Å²) in [6.07, 6.45) is 9.33. The van der Waals surface area contributed by atoms with Gasteiger partial charge < -0.3 is 15.5 Å². The van der Waals surface area contributed by atoms with Crippen molar-refractivity contribution in [3.05, 3.63) is 11.6 Å². The highest BCUT2D eigenvalue weighted by molar-refractivity contribution is 5.84. The van der Waals surface area contributed by atoms with Crippen molar-refractivity contribution in [1.29, 1.82) is 0 Å². The number of nitrogens with one attached hydrogen (secondary N) is 2. The molecular formula is C20H35N7O. The molecule has 3 rings (SSSR count). The van der Waals surface area contributed by atoms with Crippen LogP contribution in [0.1, 0.15) is 57.1 Å². The van der Waals surface area contributed by atoms with Gasteiger partial charge in [0, 0.05) is 39.5 Å². The van der Waals surface area contributed by atoms with Crippen molar-refractivity contribution in [3.8, 4) is 0 Å². The number of hydrogen-bond acceptors (Lipinski definition) is 4. The van der Waals surface area contributed by atoms with Crippen LogP contribution in [0.2, 0.25) is 0 Å². The molecule has 0 bridgehead atoms. The van der Waals surface area contributed by atoms with Crippen molar-refractivity contribution in [2.75, 3.05) is 27.2 Å². The zero-order chi connectivity index (χ0) is 19.9. The van der Waals surface area contributed by atoms with E-state index in [4.69, 9.17) is 0 Å². The number of likely N-dealkylation sites (N-methyl/N-ethyl adjacent to an activating group) is 1. The molecule has 1 amide bonds. The number of carbonyl (C=O) groups excluding carboxylic acids is 1. The first-order chi connectivity index (χ1) is 13.5. The van der Waals surface area contributed by atoms with Gasteiger partial charge in [-0.3, -0.25) is 4.79 Å². The molecule has 1 fully saturated rings. The Kier molecular flexibility index (Phi) is 7.28. The molecule has 2 heterocycles. The van der Waals surface area contributed by atoms with Gasteiger partial charge in [0.2, 0.25) is 5.91 Å². The minimum absolute atomic E-state index is 0.00793. The van der Waals surface area contributed by atoms with Crippen LogP contribution in [0.15, 0.2) is 4.99 Å². The maximum absolute atomic E-state index is 12.0. The Labute approximate surface area is 168 Å². The van der Waals surface area contributed by atoms with E-state index >= 15 is 0 Å². The number of aliphatic imine (C=N–C) groups is 1. The Hall–Kier alpha value is -2.12. The van der Waals surface area contributed by atoms with Crippen LogP contribution in [0, 0.1) is 5.92 Å². The van der Waals surface area contributed by atoms with Crippen LogP contribution in [-0.2, 0) is 24.2 Å². The van der Waals surface area contributed by atoms with E-state index < -0.39 is 0 Å². The van der Waals surface area contributed by atoms with E-state index in [2.05, 4.69) is 32.6 Å². The summed E-state index contributed by atoms with van der Waals surface area (Å²) < 4.78 is 2.02. The molecule has 1 aliphatic carbocycles. The molecule has 1 unspecified atom stereocenters. The predicted octanol–water partition coefficient (Wildman–Crippen LogP) is 1.36. The summed E-state index contributed by atoms with van der Waals surface area (Å²) in [6.45, 7) is 3.95. The number of carbonyl (C=O) groups is 1. The molecule has 1 aromatic rings. The topological polar surface area (TPSA) is 87.4 Å². The van der Waals surface area contributed by atoms with Gasteiger partial charge in [-0.2, -0.15) is 5.10 Å². The molecule has 28 heavy (non-hydrogen) atoms. The van der Waals surface area contributed by atoms with Gasteiger partial charge in [-0.25, -0.2) is 14.7 Å². The largest absolute Gasteiger partial charge is 0.356 e. The van der Waals surface area contributed by atoms with Crippen molar-refractivity contribution in [2.24, 2.45) is 10.9 Å². The lowest BCUT2D eigenvalue weighted by Crippen LogP contribution is -2.48. The van der Waals surface area contributed by atoms with Crippen LogP contribution in [0.3, 0.4) is 0 Å². The van der Waals surface area contributed by atoms with Crippen LogP contribution in [0.4, 0.5) is 0 Å². The molecule has 1 aliphatic heterocycles. The van der Waals surface area contributed by atoms with Gasteiger partial charge in [-0.1, -0.05) is 26.2 Å². The Morgan fingerprint density at radius 2 is 2.04 bits per heavy atom. The van der Waals surface area contributed by atoms with E-state index in [9.17, 15) is 4.79 Å². The summed E-state index contributed by atoms with van der Waals surface area (Å²) >= 11 is 0. The SMILES string of the molecule is CCc1nc2n(n1)CC(NC(=NCC(=O)N(C)C)NCC1CCCCC1)CC2. The van der Waals surface area contributed by atoms with Crippen LogP contribution in [0.25, 0.3) is 0 Å². The Bertz CT molecular complexity index is 676. The van der Waals surface area contributed by atoms with Gasteiger partial charge in [0.1, 0.15) is 12.4 Å². The number of nitrogens with zero attached hydrogens (tertiary/aromatic N) is 5. The first-order valence-electron chi connectivity index (χ1n) is 10.7. The van der Waals surface area contributed by atoms with E-state index in [1.807, 2.05) is 4.68 Å². The molecular weight excluding hydrogens is 354 g/mol. The molecule has 1 aromatic heterocycles. The van der Waals surface area contributed by atoms with E-state index in [0.717, 1.165) is 50.0 Å². The van der Waals surface area contributed by atoms with Crippen LogP contribution >= 0.6 is 0 Å². The fraction of sp³-hybridized carbons (Fsp3) is 0.800. The Morgan fingerprint density at radius 3 is 2.75 bits per heavy atom. The van der Waals surface area contributed by atoms with Crippen molar-refractivity contribution in [3.63, 3.8) is 0 Å². The normalized spacial score (nSPS) is 20.5. The minimum Gasteiger partial charge on any atom is -0.356 e. The summed E-state index contributed by atoms with van der Waals surface area (Å²) in [4.78, 5) is 22.7. The second-order valence-corrected chi connectivity index (χ2v) is 8.20. The Balaban J connectivity index is 1.60. The standard InChI is InChI=1S/C20H35N7O/c1-4-17-24-18-11-10-16(14-27(18)25-17)23-20(22-13-19(28)26(2)3)21-12-15-8-6-5-7-9-15/h15-16H,4-14H2,1-3H3,(H2,21,22,23). The van der Waals surface area contributed by atoms with Crippen molar-refractivity contribution >= 4 is 11.9 Å². The third-order valence-corrected chi connectivity index (χ3v) is 5.71. The predicted molar refractivity (Wildman–Crippen MR) is 110 cm³/mol. The van der Waals surface area contributed by atoms with Crippen LogP contribution < -0.4 is 10.6 Å². The van der Waals surface area contributed by atoms with Gasteiger partial charge in [0.25, 0.3) is 0 Å². The third kappa shape index (κ3) is 5.69. The van der Waals surface area contributed by atoms with Crippen molar-refractivity contribution < 1.29 is 4.79 Å². The molecule has 8 nitrogen and oxygen atoms in total. The molecule has 156 valence electrons. The van der Waals surface area contributed by atoms with Gasteiger partial charge >= 0.3 is 0 Å². The molecule has 1 saturated carbocycles. The lowest BCUT2D eigenvalue weighted by Gasteiger charge is -2.27. The highest BCUT2D eigenvalue weighted by atomic mass is 16.2. The highest BCUT2D eigenvalue weighted by Crippen LogP contribution is 2.22. The molecule has 0 saturated heterocycles. The Morgan fingerprint density at radius 1 is 1.25 bits per heavy atom. The number of rotatable bonds is 6. The number of fused-ring (bicyclic) bond motifs is 1. The summed E-state index contributed by atoms with van der Waals surface area (Å²) in [6, 6.07) is 0.242. The maximum atomic E-state index is 12.0. The monoisotopic (exact) mass is 389 g/mol. The van der Waals surface area contributed by atoms with Gasteiger partial charge in [-0.05, 0) is 25.2 Å². The number of aryl methyl sites for hydroxylation is 2. The maximum Gasteiger partial charge on any atom is 0.243 e. The van der Waals surface area contributed by atoms with E-state index in [-0.39, 0.29) is 18.5 Å². The molecule has 0 aromatic carbocycles. The first kappa shape index (κ1) is 20.6. The zero-order valence-electron chi connectivity index (χ0n) is 17.6. The number of guanidine groups is 1. The molecule has 0 radical (unpaired) electrons. The van der Waals surface area contributed by atoms with Gasteiger partial charge in [-0.15, -0.1) is 0 Å². The van der Waals surface area contributed by atoms with E-state index in [1.165, 1.54) is 32.1 Å². The zero-order valence-corrected chi connectivity index (χ0v) is 17.6. The summed E-state index contributed by atoms with van der Waals surface area (Å²) in [5.74, 6) is 3.44. The quantitative estimate of drug-likeness (QED) is 0.567. The fourth-order valence-corrected chi connectivity index (χ4v) is 3.89. The second-order valence-electron chi connectivity index (χ2n) is 8.20. The van der Waals surface area contributed by atoms with Gasteiger partial charge in [0.15, 0.2) is 11.8 Å². The van der Waals surface area contributed by atoms with Crippen molar-refractivity contribution in [1.82, 2.24) is 30.3 Å². The molecule has 1 atom stereocenters. The molecule has 8 heteroatoms. The van der Waals surface area contributed by atoms with Gasteiger partial charge in [0.05, 0.1) is 6.54 Å². The second kappa shape index (κ2) is 9.89. The average molecular weight is 390 g/mol. The fourth-order valence-electron chi connectivity index (χ4n) is 3.89. The first-order valence-corrected chi connectivity index (χ1v) is 10.7. The highest BCUT2D eigenvalue weighted by Gasteiger charge is 2.23.